The van der Waals surface area contributed by atoms with Crippen LogP contribution in [0.4, 0.5) is 0 Å². The summed E-state index contributed by atoms with van der Waals surface area (Å²) in [7, 11) is 0. The van der Waals surface area contributed by atoms with Gasteiger partial charge in [0, 0.05) is 0 Å². The van der Waals surface area contributed by atoms with Crippen LogP contribution in [0, 0.1) is 11.8 Å². The SMILES string of the molecule is CC1=CC=CCC1C1CC1. The van der Waals surface area contributed by atoms with Crippen LogP contribution in [0.25, 0.3) is 0 Å². The van der Waals surface area contributed by atoms with Crippen LogP contribution >= 0.6 is 0 Å². The van der Waals surface area contributed by atoms with Gasteiger partial charge >= 0.3 is 0 Å². The Hall–Kier alpha value is -0.520. The van der Waals surface area contributed by atoms with Gasteiger partial charge in [0.05, 0.1) is 0 Å². The molecule has 0 aliphatic heterocycles. The highest BCUT2D eigenvalue weighted by molar-refractivity contribution is 5.21. The molecule has 0 aromatic heterocycles. The van der Waals surface area contributed by atoms with E-state index in [1.807, 2.05) is 0 Å². The predicted molar refractivity (Wildman–Crippen MR) is 43.7 cm³/mol. The first-order chi connectivity index (χ1) is 4.88. The molecule has 0 heteroatoms. The second-order valence-corrected chi connectivity index (χ2v) is 3.52. The monoisotopic (exact) mass is 134 g/mol. The van der Waals surface area contributed by atoms with E-state index in [1.54, 1.807) is 5.57 Å². The molecule has 0 aromatic carbocycles. The first kappa shape index (κ1) is 6.21. The quantitative estimate of drug-likeness (QED) is 0.517. The number of hydrogen-bond donors (Lipinski definition) is 0. The first-order valence-electron chi connectivity index (χ1n) is 4.21. The number of hydrogen-bond acceptors (Lipinski definition) is 0. The molecule has 0 aromatic rings. The van der Waals surface area contributed by atoms with Crippen molar-refractivity contribution in [2.45, 2.75) is 26.2 Å². The molecule has 1 atom stereocenters. The van der Waals surface area contributed by atoms with E-state index in [0.29, 0.717) is 0 Å². The Balaban J connectivity index is 2.08. The van der Waals surface area contributed by atoms with E-state index >= 15 is 0 Å². The van der Waals surface area contributed by atoms with Crippen molar-refractivity contribution < 1.29 is 0 Å². The molecule has 0 amide bonds. The lowest BCUT2D eigenvalue weighted by Gasteiger charge is -2.17. The van der Waals surface area contributed by atoms with E-state index in [2.05, 4.69) is 25.2 Å². The Morgan fingerprint density at radius 2 is 2.20 bits per heavy atom. The fourth-order valence-electron chi connectivity index (χ4n) is 1.82. The normalized spacial score (nSPS) is 32.1. The van der Waals surface area contributed by atoms with Gasteiger partial charge in [0.25, 0.3) is 0 Å². The lowest BCUT2D eigenvalue weighted by Crippen LogP contribution is -2.05. The van der Waals surface area contributed by atoms with Crippen LogP contribution in [0.1, 0.15) is 26.2 Å². The summed E-state index contributed by atoms with van der Waals surface area (Å²) in [6.07, 6.45) is 11.0. The van der Waals surface area contributed by atoms with Crippen molar-refractivity contribution in [2.24, 2.45) is 11.8 Å². The molecule has 0 nitrogen and oxygen atoms in total. The van der Waals surface area contributed by atoms with Gasteiger partial charge in [0.1, 0.15) is 0 Å². The third-order valence-corrected chi connectivity index (χ3v) is 2.66. The molecule has 54 valence electrons. The molecule has 2 aliphatic carbocycles. The maximum absolute atomic E-state index is 2.30. The molecular formula is C10H14. The fourth-order valence-corrected chi connectivity index (χ4v) is 1.82. The fraction of sp³-hybridized carbons (Fsp3) is 0.600. The predicted octanol–water partition coefficient (Wildman–Crippen LogP) is 2.92. The van der Waals surface area contributed by atoms with Crippen molar-refractivity contribution in [1.82, 2.24) is 0 Å². The van der Waals surface area contributed by atoms with E-state index < -0.39 is 0 Å². The molecule has 0 spiro atoms. The third-order valence-electron chi connectivity index (χ3n) is 2.66. The summed E-state index contributed by atoms with van der Waals surface area (Å²) < 4.78 is 0. The van der Waals surface area contributed by atoms with Crippen molar-refractivity contribution in [3.63, 3.8) is 0 Å². The van der Waals surface area contributed by atoms with E-state index in [-0.39, 0.29) is 0 Å². The highest BCUT2D eigenvalue weighted by Crippen LogP contribution is 2.43. The Labute approximate surface area is 62.6 Å². The van der Waals surface area contributed by atoms with Gasteiger partial charge in [0.15, 0.2) is 0 Å². The number of rotatable bonds is 1. The summed E-state index contributed by atoms with van der Waals surface area (Å²) in [4.78, 5) is 0. The van der Waals surface area contributed by atoms with Crippen molar-refractivity contribution in [1.29, 1.82) is 0 Å². The van der Waals surface area contributed by atoms with Crippen LogP contribution in [0.5, 0.6) is 0 Å². The zero-order valence-corrected chi connectivity index (χ0v) is 6.51. The van der Waals surface area contributed by atoms with Crippen LogP contribution in [-0.4, -0.2) is 0 Å². The molecule has 1 unspecified atom stereocenters. The third kappa shape index (κ3) is 1.03. The molecule has 0 heterocycles. The van der Waals surface area contributed by atoms with Crippen molar-refractivity contribution in [3.05, 3.63) is 23.8 Å². The summed E-state index contributed by atoms with van der Waals surface area (Å²) in [5, 5.41) is 0. The van der Waals surface area contributed by atoms with Gasteiger partial charge in [-0.3, -0.25) is 0 Å². The van der Waals surface area contributed by atoms with Gasteiger partial charge in [-0.25, -0.2) is 0 Å². The molecule has 1 saturated carbocycles. The second kappa shape index (κ2) is 2.26. The summed E-state index contributed by atoms with van der Waals surface area (Å²) in [6.45, 7) is 2.27. The minimum atomic E-state index is 0.907. The second-order valence-electron chi connectivity index (χ2n) is 3.52. The average Bonchev–Trinajstić information content (AvgIpc) is 2.71. The van der Waals surface area contributed by atoms with Crippen LogP contribution in [0.3, 0.4) is 0 Å². The standard InChI is InChI=1S/C10H14/c1-8-4-2-3-5-10(8)9-6-7-9/h2-4,9-10H,5-7H2,1H3. The van der Waals surface area contributed by atoms with Gasteiger partial charge in [-0.1, -0.05) is 23.8 Å². The molecule has 2 rings (SSSR count). The number of allylic oxidation sites excluding steroid dienone is 4. The summed E-state index contributed by atoms with van der Waals surface area (Å²) in [5.74, 6) is 1.95. The van der Waals surface area contributed by atoms with Gasteiger partial charge in [-0.2, -0.15) is 0 Å². The lowest BCUT2D eigenvalue weighted by atomic mass is 9.89. The Bertz CT molecular complexity index is 182. The maximum Gasteiger partial charge on any atom is -0.0140 e. The van der Waals surface area contributed by atoms with Crippen LogP contribution < -0.4 is 0 Å². The molecular weight excluding hydrogens is 120 g/mol. The highest BCUT2D eigenvalue weighted by Gasteiger charge is 2.31. The van der Waals surface area contributed by atoms with E-state index in [4.69, 9.17) is 0 Å². The van der Waals surface area contributed by atoms with Crippen LogP contribution in [-0.2, 0) is 0 Å². The van der Waals surface area contributed by atoms with Crippen molar-refractivity contribution in [3.8, 4) is 0 Å². The largest absolute Gasteiger partial charge is 0.0839 e. The van der Waals surface area contributed by atoms with Gasteiger partial charge in [0.2, 0.25) is 0 Å². The molecule has 1 fully saturated rings. The van der Waals surface area contributed by atoms with Crippen molar-refractivity contribution in [2.75, 3.05) is 0 Å². The Morgan fingerprint density at radius 1 is 1.40 bits per heavy atom. The minimum Gasteiger partial charge on any atom is -0.0839 e. The summed E-state index contributed by atoms with van der Waals surface area (Å²) >= 11 is 0. The molecule has 10 heavy (non-hydrogen) atoms. The van der Waals surface area contributed by atoms with Gasteiger partial charge < -0.3 is 0 Å². The Morgan fingerprint density at radius 3 is 2.80 bits per heavy atom. The zero-order chi connectivity index (χ0) is 6.97. The first-order valence-corrected chi connectivity index (χ1v) is 4.21. The van der Waals surface area contributed by atoms with Crippen molar-refractivity contribution >= 4 is 0 Å². The molecule has 0 radical (unpaired) electrons. The highest BCUT2D eigenvalue weighted by atomic mass is 14.4. The molecule has 2 aliphatic rings. The molecule has 0 saturated heterocycles. The lowest BCUT2D eigenvalue weighted by molar-refractivity contribution is 0.539. The summed E-state index contributed by atoms with van der Waals surface area (Å²) in [6, 6.07) is 0. The van der Waals surface area contributed by atoms with E-state index in [1.165, 1.54) is 19.3 Å². The molecule has 0 bridgehead atoms. The Kier molecular flexibility index (Phi) is 1.40. The van der Waals surface area contributed by atoms with Crippen LogP contribution in [0.2, 0.25) is 0 Å². The van der Waals surface area contributed by atoms with Gasteiger partial charge in [-0.05, 0) is 38.0 Å². The topological polar surface area (TPSA) is 0 Å². The minimum absolute atomic E-state index is 0.907. The average molecular weight is 134 g/mol. The molecule has 0 N–H and O–H groups in total. The van der Waals surface area contributed by atoms with Crippen LogP contribution in [0.15, 0.2) is 23.8 Å². The van der Waals surface area contributed by atoms with E-state index in [9.17, 15) is 0 Å². The maximum atomic E-state index is 2.30. The smallest absolute Gasteiger partial charge is 0.0140 e. The summed E-state index contributed by atoms with van der Waals surface area (Å²) in [5.41, 5.74) is 1.60. The van der Waals surface area contributed by atoms with Gasteiger partial charge in [-0.15, -0.1) is 0 Å². The zero-order valence-electron chi connectivity index (χ0n) is 6.51. The van der Waals surface area contributed by atoms with E-state index in [0.717, 1.165) is 11.8 Å².